The van der Waals surface area contributed by atoms with Gasteiger partial charge in [-0.2, -0.15) is 0 Å². The van der Waals surface area contributed by atoms with Crippen molar-refractivity contribution in [1.29, 1.82) is 0 Å². The van der Waals surface area contributed by atoms with Crippen molar-refractivity contribution in [2.75, 3.05) is 46.3 Å². The first-order valence-corrected chi connectivity index (χ1v) is 8.60. The summed E-state index contributed by atoms with van der Waals surface area (Å²) in [5.74, 6) is 0.564. The summed E-state index contributed by atoms with van der Waals surface area (Å²) in [6.07, 6.45) is 0. The zero-order valence-corrected chi connectivity index (χ0v) is 14.2. The number of rotatable bonds is 3. The fourth-order valence-electron chi connectivity index (χ4n) is 3.89. The molecule has 0 spiro atoms. The summed E-state index contributed by atoms with van der Waals surface area (Å²) in [5.41, 5.74) is 10.5. The molecule has 1 aromatic carbocycles. The number of piperazine rings is 1. The Balaban J connectivity index is 1.98. The predicted octanol–water partition coefficient (Wildman–Crippen LogP) is 1.70. The van der Waals surface area contributed by atoms with E-state index in [0.29, 0.717) is 24.5 Å². The maximum atomic E-state index is 6.09. The first-order chi connectivity index (χ1) is 10.6. The highest BCUT2D eigenvalue weighted by Crippen LogP contribution is 2.38. The van der Waals surface area contributed by atoms with Gasteiger partial charge in [-0.05, 0) is 29.7 Å². The van der Waals surface area contributed by atoms with Crippen molar-refractivity contribution in [2.45, 2.75) is 31.8 Å². The molecular formula is C18H30N4. The Bertz CT molecular complexity index is 508. The van der Waals surface area contributed by atoms with Gasteiger partial charge in [0.05, 0.1) is 0 Å². The Morgan fingerprint density at radius 3 is 2.59 bits per heavy atom. The van der Waals surface area contributed by atoms with Crippen LogP contribution in [0.5, 0.6) is 0 Å². The number of nitrogens with two attached hydrogens (primary N) is 1. The Labute approximate surface area is 134 Å². The highest BCUT2D eigenvalue weighted by atomic mass is 15.3. The molecule has 3 N–H and O–H groups in total. The molecule has 2 heterocycles. The van der Waals surface area contributed by atoms with Crippen LogP contribution in [0.15, 0.2) is 18.2 Å². The number of hydrogen-bond donors (Lipinski definition) is 2. The predicted molar refractivity (Wildman–Crippen MR) is 92.1 cm³/mol. The van der Waals surface area contributed by atoms with Crippen LogP contribution in [0.4, 0.5) is 0 Å². The first-order valence-electron chi connectivity index (χ1n) is 8.60. The summed E-state index contributed by atoms with van der Waals surface area (Å²) in [6.45, 7) is 10.8. The van der Waals surface area contributed by atoms with Gasteiger partial charge in [0.1, 0.15) is 0 Å². The first kappa shape index (κ1) is 15.9. The fraction of sp³-hybridized carbons (Fsp3) is 0.667. The van der Waals surface area contributed by atoms with E-state index in [1.807, 2.05) is 0 Å². The second-order valence-corrected chi connectivity index (χ2v) is 7.04. The zero-order chi connectivity index (χ0) is 15.7. The van der Waals surface area contributed by atoms with Crippen LogP contribution >= 0.6 is 0 Å². The van der Waals surface area contributed by atoms with Gasteiger partial charge in [-0.3, -0.25) is 9.80 Å². The second-order valence-electron chi connectivity index (χ2n) is 7.04. The second kappa shape index (κ2) is 6.67. The highest BCUT2D eigenvalue weighted by molar-refractivity contribution is 5.40. The number of nitrogens with one attached hydrogen (secondary N) is 1. The quantitative estimate of drug-likeness (QED) is 0.892. The van der Waals surface area contributed by atoms with Crippen molar-refractivity contribution in [3.8, 4) is 0 Å². The average molecular weight is 302 g/mol. The number of fused-ring (bicyclic) bond motifs is 1. The van der Waals surface area contributed by atoms with Crippen LogP contribution in [0.25, 0.3) is 0 Å². The molecule has 122 valence electrons. The molecule has 0 saturated carbocycles. The number of benzene rings is 1. The van der Waals surface area contributed by atoms with Crippen molar-refractivity contribution in [1.82, 2.24) is 15.1 Å². The van der Waals surface area contributed by atoms with E-state index in [-0.39, 0.29) is 0 Å². The number of nitrogens with zero attached hydrogens (tertiary/aromatic N) is 2. The normalized spacial score (nSPS) is 27.1. The van der Waals surface area contributed by atoms with Crippen molar-refractivity contribution in [3.05, 3.63) is 34.9 Å². The third-order valence-corrected chi connectivity index (χ3v) is 5.30. The third-order valence-electron chi connectivity index (χ3n) is 5.30. The third kappa shape index (κ3) is 2.93. The lowest BCUT2D eigenvalue weighted by molar-refractivity contribution is 0.101. The van der Waals surface area contributed by atoms with Crippen LogP contribution in [0.2, 0.25) is 0 Å². The molecule has 0 amide bonds. The number of hydrogen-bond acceptors (Lipinski definition) is 4. The molecule has 3 rings (SSSR count). The Morgan fingerprint density at radius 1 is 1.23 bits per heavy atom. The molecule has 4 heteroatoms. The smallest absolute Gasteiger partial charge is 0.0479 e. The van der Waals surface area contributed by atoms with E-state index in [1.165, 1.54) is 16.7 Å². The van der Waals surface area contributed by atoms with Crippen LogP contribution in [0.3, 0.4) is 0 Å². The lowest BCUT2D eigenvalue weighted by Crippen LogP contribution is -2.50. The molecule has 2 atom stereocenters. The maximum absolute atomic E-state index is 6.09. The Kier molecular flexibility index (Phi) is 4.83. The maximum Gasteiger partial charge on any atom is 0.0479 e. The van der Waals surface area contributed by atoms with Crippen LogP contribution in [0.1, 0.15) is 48.5 Å². The van der Waals surface area contributed by atoms with E-state index >= 15 is 0 Å². The molecule has 0 aromatic heterocycles. The van der Waals surface area contributed by atoms with Crippen LogP contribution in [-0.2, 0) is 0 Å². The van der Waals surface area contributed by atoms with Crippen molar-refractivity contribution < 1.29 is 0 Å². The minimum Gasteiger partial charge on any atom is -0.329 e. The molecule has 4 nitrogen and oxygen atoms in total. The molecular weight excluding hydrogens is 272 g/mol. The molecule has 2 aliphatic rings. The summed E-state index contributed by atoms with van der Waals surface area (Å²) in [7, 11) is 2.22. The lowest BCUT2D eigenvalue weighted by atomic mass is 9.85. The summed E-state index contributed by atoms with van der Waals surface area (Å²) in [4.78, 5) is 5.08. The van der Waals surface area contributed by atoms with E-state index in [9.17, 15) is 0 Å². The van der Waals surface area contributed by atoms with Gasteiger partial charge in [0.15, 0.2) is 0 Å². The van der Waals surface area contributed by atoms with E-state index in [4.69, 9.17) is 5.73 Å². The number of likely N-dealkylation sites (N-methyl/N-ethyl adjacent to an activating group) is 1. The van der Waals surface area contributed by atoms with E-state index in [0.717, 1.165) is 32.7 Å². The van der Waals surface area contributed by atoms with Gasteiger partial charge in [0, 0.05) is 51.4 Å². The SMILES string of the molecule is CC(C)c1ccc2c(c1)C(CN)N(C)CC2N1CCNCC1. The molecule has 1 fully saturated rings. The van der Waals surface area contributed by atoms with Gasteiger partial charge >= 0.3 is 0 Å². The molecule has 2 aliphatic heterocycles. The monoisotopic (exact) mass is 302 g/mol. The van der Waals surface area contributed by atoms with Crippen molar-refractivity contribution in [3.63, 3.8) is 0 Å². The minimum atomic E-state index is 0.355. The molecule has 1 aromatic rings. The molecule has 22 heavy (non-hydrogen) atoms. The van der Waals surface area contributed by atoms with Gasteiger partial charge in [0.25, 0.3) is 0 Å². The van der Waals surface area contributed by atoms with E-state index < -0.39 is 0 Å². The van der Waals surface area contributed by atoms with Crippen molar-refractivity contribution in [2.24, 2.45) is 5.73 Å². The van der Waals surface area contributed by atoms with Crippen LogP contribution in [-0.4, -0.2) is 56.1 Å². The van der Waals surface area contributed by atoms with E-state index in [1.54, 1.807) is 0 Å². The lowest BCUT2D eigenvalue weighted by Gasteiger charge is -2.44. The molecule has 0 bridgehead atoms. The largest absolute Gasteiger partial charge is 0.329 e. The fourth-order valence-corrected chi connectivity index (χ4v) is 3.89. The van der Waals surface area contributed by atoms with Gasteiger partial charge in [-0.1, -0.05) is 32.0 Å². The van der Waals surface area contributed by atoms with Gasteiger partial charge in [-0.15, -0.1) is 0 Å². The molecule has 0 radical (unpaired) electrons. The summed E-state index contributed by atoms with van der Waals surface area (Å²) >= 11 is 0. The average Bonchev–Trinajstić information content (AvgIpc) is 2.54. The summed E-state index contributed by atoms with van der Waals surface area (Å²) < 4.78 is 0. The molecule has 0 aliphatic carbocycles. The van der Waals surface area contributed by atoms with Crippen LogP contribution in [0, 0.1) is 0 Å². The topological polar surface area (TPSA) is 44.5 Å². The standard InChI is InChI=1S/C18H30N4/c1-13(2)14-4-5-15-16(10-14)17(11-19)21(3)12-18(15)22-8-6-20-7-9-22/h4-5,10,13,17-18,20H,6-9,11-12,19H2,1-3H3. The Morgan fingerprint density at radius 2 is 1.95 bits per heavy atom. The van der Waals surface area contributed by atoms with Crippen molar-refractivity contribution >= 4 is 0 Å². The van der Waals surface area contributed by atoms with Crippen LogP contribution < -0.4 is 11.1 Å². The highest BCUT2D eigenvalue weighted by Gasteiger charge is 2.34. The van der Waals surface area contributed by atoms with E-state index in [2.05, 4.69) is 54.2 Å². The van der Waals surface area contributed by atoms with Gasteiger partial charge < -0.3 is 11.1 Å². The molecule has 1 saturated heterocycles. The summed E-state index contributed by atoms with van der Waals surface area (Å²) in [5, 5.41) is 3.46. The zero-order valence-electron chi connectivity index (χ0n) is 14.2. The Hall–Kier alpha value is -0.940. The molecule has 2 unspecified atom stereocenters. The minimum absolute atomic E-state index is 0.355. The summed E-state index contributed by atoms with van der Waals surface area (Å²) in [6, 6.07) is 7.95. The van der Waals surface area contributed by atoms with Gasteiger partial charge in [-0.25, -0.2) is 0 Å². The van der Waals surface area contributed by atoms with Gasteiger partial charge in [0.2, 0.25) is 0 Å².